The molecule has 0 spiro atoms. The minimum atomic E-state index is 0.105. The second-order valence-electron chi connectivity index (χ2n) is 6.04. The number of carbonyl (C=O) groups excluding carboxylic acids is 2. The Morgan fingerprint density at radius 2 is 2.09 bits per heavy atom. The van der Waals surface area contributed by atoms with Crippen molar-refractivity contribution >= 4 is 28.3 Å². The summed E-state index contributed by atoms with van der Waals surface area (Å²) in [4.78, 5) is 32.3. The lowest BCUT2D eigenvalue weighted by Gasteiger charge is -2.34. The Morgan fingerprint density at radius 1 is 1.36 bits per heavy atom. The lowest BCUT2D eigenvalue weighted by molar-refractivity contribution is -0.131. The highest BCUT2D eigenvalue weighted by atomic mass is 32.1. The molecule has 0 radical (unpaired) electrons. The van der Waals surface area contributed by atoms with E-state index in [4.69, 9.17) is 0 Å². The Kier molecular flexibility index (Phi) is 4.61. The molecule has 0 bridgehead atoms. The van der Waals surface area contributed by atoms with E-state index < -0.39 is 0 Å². The van der Waals surface area contributed by atoms with Gasteiger partial charge in [0.15, 0.2) is 5.13 Å². The third-order valence-corrected chi connectivity index (χ3v) is 5.24. The Labute approximate surface area is 134 Å². The Hall–Kier alpha value is -1.63. The number of piperazine rings is 1. The van der Waals surface area contributed by atoms with Gasteiger partial charge < -0.3 is 15.1 Å². The number of anilines is 1. The number of carbonyl (C=O) groups is 2. The van der Waals surface area contributed by atoms with Crippen molar-refractivity contribution in [2.45, 2.75) is 19.8 Å². The fourth-order valence-electron chi connectivity index (χ4n) is 2.79. The van der Waals surface area contributed by atoms with E-state index in [-0.39, 0.29) is 17.7 Å². The average molecular weight is 322 g/mol. The quantitative estimate of drug-likeness (QED) is 0.877. The van der Waals surface area contributed by atoms with Crippen molar-refractivity contribution in [3.63, 3.8) is 0 Å². The molecule has 3 rings (SSSR count). The van der Waals surface area contributed by atoms with Crippen LogP contribution >= 0.6 is 11.3 Å². The van der Waals surface area contributed by atoms with Gasteiger partial charge in [-0.3, -0.25) is 9.59 Å². The molecule has 6 nitrogen and oxygen atoms in total. The lowest BCUT2D eigenvalue weighted by Crippen LogP contribution is -2.49. The van der Waals surface area contributed by atoms with Gasteiger partial charge in [0.05, 0.1) is 0 Å². The first kappa shape index (κ1) is 15.3. The topological polar surface area (TPSA) is 65.5 Å². The molecule has 120 valence electrons. The molecule has 2 aliphatic rings. The molecule has 7 heteroatoms. The molecule has 1 aromatic heterocycles. The maximum Gasteiger partial charge on any atom is 0.224 e. The first-order valence-electron chi connectivity index (χ1n) is 7.85. The first-order valence-corrected chi connectivity index (χ1v) is 8.73. The van der Waals surface area contributed by atoms with E-state index in [1.807, 2.05) is 10.3 Å². The van der Waals surface area contributed by atoms with Crippen LogP contribution in [0, 0.1) is 11.8 Å². The van der Waals surface area contributed by atoms with Gasteiger partial charge >= 0.3 is 0 Å². The molecule has 0 unspecified atom stereocenters. The number of nitrogens with zero attached hydrogens (tertiary/aromatic N) is 3. The van der Waals surface area contributed by atoms with Crippen LogP contribution in [0.4, 0.5) is 5.13 Å². The van der Waals surface area contributed by atoms with Crippen LogP contribution in [0.3, 0.4) is 0 Å². The molecule has 1 aromatic rings. The van der Waals surface area contributed by atoms with Crippen LogP contribution in [0.5, 0.6) is 0 Å². The fraction of sp³-hybridized carbons (Fsp3) is 0.667. The summed E-state index contributed by atoms with van der Waals surface area (Å²) < 4.78 is 0. The summed E-state index contributed by atoms with van der Waals surface area (Å²) in [5.74, 6) is 0.920. The van der Waals surface area contributed by atoms with Gasteiger partial charge in [0.25, 0.3) is 0 Å². The van der Waals surface area contributed by atoms with E-state index >= 15 is 0 Å². The minimum absolute atomic E-state index is 0.105. The standard InChI is InChI=1S/C15H22N4O2S/c1-11-10-12(11)14(21)16-3-2-13(20)18-5-7-19(8-6-18)15-17-4-9-22-15/h4,9,11-12H,2-3,5-8,10H2,1H3,(H,16,21)/t11-,12-/m0/s1. The highest BCUT2D eigenvalue weighted by Gasteiger charge is 2.38. The summed E-state index contributed by atoms with van der Waals surface area (Å²) in [6.45, 7) is 5.64. The van der Waals surface area contributed by atoms with E-state index in [9.17, 15) is 9.59 Å². The van der Waals surface area contributed by atoms with Gasteiger partial charge in [-0.2, -0.15) is 0 Å². The highest BCUT2D eigenvalue weighted by molar-refractivity contribution is 7.13. The zero-order valence-electron chi connectivity index (χ0n) is 12.8. The number of aromatic nitrogens is 1. The van der Waals surface area contributed by atoms with Crippen molar-refractivity contribution in [1.82, 2.24) is 15.2 Å². The SMILES string of the molecule is C[C@H]1C[C@@H]1C(=O)NCCC(=O)N1CCN(c2nccs2)CC1. The monoisotopic (exact) mass is 322 g/mol. The zero-order valence-corrected chi connectivity index (χ0v) is 13.6. The summed E-state index contributed by atoms with van der Waals surface area (Å²) in [6, 6.07) is 0. The number of hydrogen-bond donors (Lipinski definition) is 1. The highest BCUT2D eigenvalue weighted by Crippen LogP contribution is 2.37. The summed E-state index contributed by atoms with van der Waals surface area (Å²) in [5.41, 5.74) is 0. The summed E-state index contributed by atoms with van der Waals surface area (Å²) in [5, 5.41) is 5.87. The van der Waals surface area contributed by atoms with Crippen LogP contribution in [-0.4, -0.2) is 54.4 Å². The molecule has 0 aromatic carbocycles. The summed E-state index contributed by atoms with van der Waals surface area (Å²) in [6.07, 6.45) is 3.18. The lowest BCUT2D eigenvalue weighted by atomic mass is 10.2. The van der Waals surface area contributed by atoms with E-state index in [0.717, 1.165) is 37.7 Å². The molecule has 2 fully saturated rings. The normalized spacial score (nSPS) is 24.2. The molecule has 1 N–H and O–H groups in total. The number of rotatable bonds is 5. The van der Waals surface area contributed by atoms with Crippen LogP contribution in [0.1, 0.15) is 19.8 Å². The van der Waals surface area contributed by atoms with Crippen molar-refractivity contribution in [2.24, 2.45) is 11.8 Å². The van der Waals surface area contributed by atoms with Crippen LogP contribution in [-0.2, 0) is 9.59 Å². The number of amides is 2. The third kappa shape index (κ3) is 3.58. The third-order valence-electron chi connectivity index (χ3n) is 4.41. The van der Waals surface area contributed by atoms with Gasteiger partial charge in [-0.25, -0.2) is 4.98 Å². The molecule has 22 heavy (non-hydrogen) atoms. The molecule has 2 atom stereocenters. The van der Waals surface area contributed by atoms with Gasteiger partial charge in [0, 0.05) is 56.6 Å². The Balaban J connectivity index is 1.36. The smallest absolute Gasteiger partial charge is 0.224 e. The molecule has 1 saturated carbocycles. The van der Waals surface area contributed by atoms with Crippen LogP contribution < -0.4 is 10.2 Å². The van der Waals surface area contributed by atoms with Gasteiger partial charge in [0.1, 0.15) is 0 Å². The van der Waals surface area contributed by atoms with Crippen molar-refractivity contribution in [2.75, 3.05) is 37.6 Å². The molecular formula is C15H22N4O2S. The Bertz CT molecular complexity index is 526. The van der Waals surface area contributed by atoms with Gasteiger partial charge in [-0.05, 0) is 12.3 Å². The minimum Gasteiger partial charge on any atom is -0.355 e. The fourth-order valence-corrected chi connectivity index (χ4v) is 3.49. The number of hydrogen-bond acceptors (Lipinski definition) is 5. The van der Waals surface area contributed by atoms with Gasteiger partial charge in [0.2, 0.25) is 11.8 Å². The maximum atomic E-state index is 12.2. The van der Waals surface area contributed by atoms with E-state index in [1.165, 1.54) is 0 Å². The van der Waals surface area contributed by atoms with Crippen molar-refractivity contribution < 1.29 is 9.59 Å². The molecular weight excluding hydrogens is 300 g/mol. The van der Waals surface area contributed by atoms with Crippen molar-refractivity contribution in [3.8, 4) is 0 Å². The van der Waals surface area contributed by atoms with Crippen LogP contribution in [0.2, 0.25) is 0 Å². The molecule has 1 aliphatic carbocycles. The second-order valence-corrected chi connectivity index (χ2v) is 6.92. The molecule has 1 saturated heterocycles. The van der Waals surface area contributed by atoms with E-state index in [0.29, 0.717) is 18.9 Å². The predicted molar refractivity (Wildman–Crippen MR) is 85.8 cm³/mol. The number of nitrogens with one attached hydrogen (secondary N) is 1. The first-order chi connectivity index (χ1) is 10.6. The zero-order chi connectivity index (χ0) is 15.5. The van der Waals surface area contributed by atoms with E-state index in [1.54, 1.807) is 17.5 Å². The van der Waals surface area contributed by atoms with Crippen LogP contribution in [0.25, 0.3) is 0 Å². The Morgan fingerprint density at radius 3 is 2.68 bits per heavy atom. The summed E-state index contributed by atoms with van der Waals surface area (Å²) >= 11 is 1.63. The molecule has 1 aliphatic heterocycles. The predicted octanol–water partition coefficient (Wildman–Crippen LogP) is 0.954. The second kappa shape index (κ2) is 6.64. The van der Waals surface area contributed by atoms with Crippen molar-refractivity contribution in [3.05, 3.63) is 11.6 Å². The van der Waals surface area contributed by atoms with Gasteiger partial charge in [-0.1, -0.05) is 6.92 Å². The van der Waals surface area contributed by atoms with Gasteiger partial charge in [-0.15, -0.1) is 11.3 Å². The molecule has 2 heterocycles. The summed E-state index contributed by atoms with van der Waals surface area (Å²) in [7, 11) is 0. The molecule has 2 amide bonds. The van der Waals surface area contributed by atoms with Crippen LogP contribution in [0.15, 0.2) is 11.6 Å². The largest absolute Gasteiger partial charge is 0.355 e. The average Bonchev–Trinajstić information content (AvgIpc) is 3.03. The van der Waals surface area contributed by atoms with Crippen molar-refractivity contribution in [1.29, 1.82) is 0 Å². The maximum absolute atomic E-state index is 12.2. The number of thiazole rings is 1. The van der Waals surface area contributed by atoms with E-state index in [2.05, 4.69) is 22.1 Å².